The number of hydrogen-bond acceptors (Lipinski definition) is 7. The molecular formula is C25H43NO6. The largest absolute Gasteiger partial charge is 0.461 e. The van der Waals surface area contributed by atoms with Gasteiger partial charge in [-0.05, 0) is 59.2 Å². The number of rotatable bonds is 4. The maximum absolute atomic E-state index is 13.1. The zero-order valence-electron chi connectivity index (χ0n) is 21.0. The van der Waals surface area contributed by atoms with Gasteiger partial charge in [0, 0.05) is 17.9 Å². The Labute approximate surface area is 193 Å². The number of allylic oxidation sites excluding steroid dienone is 1. The van der Waals surface area contributed by atoms with Gasteiger partial charge in [0.15, 0.2) is 12.1 Å². The van der Waals surface area contributed by atoms with E-state index in [0.29, 0.717) is 19.3 Å². The van der Waals surface area contributed by atoms with Crippen LogP contribution in [0.1, 0.15) is 60.8 Å². The van der Waals surface area contributed by atoms with Crippen molar-refractivity contribution in [2.24, 2.45) is 23.7 Å². The molecule has 0 unspecified atom stereocenters. The van der Waals surface area contributed by atoms with Crippen LogP contribution in [0, 0.1) is 23.7 Å². The van der Waals surface area contributed by atoms with Crippen molar-refractivity contribution >= 4 is 11.8 Å². The minimum absolute atomic E-state index is 0.0614. The summed E-state index contributed by atoms with van der Waals surface area (Å²) in [6.45, 7) is 11.6. The van der Waals surface area contributed by atoms with Gasteiger partial charge in [0.25, 0.3) is 0 Å². The van der Waals surface area contributed by atoms with Gasteiger partial charge in [-0.15, -0.1) is 0 Å². The molecule has 184 valence electrons. The Morgan fingerprint density at radius 1 is 1.12 bits per heavy atom. The molecule has 0 aromatic heterocycles. The number of ketones is 1. The zero-order chi connectivity index (χ0) is 24.2. The summed E-state index contributed by atoms with van der Waals surface area (Å²) in [4.78, 5) is 27.7. The molecule has 1 saturated heterocycles. The molecule has 7 heteroatoms. The van der Waals surface area contributed by atoms with E-state index in [0.717, 1.165) is 0 Å². The van der Waals surface area contributed by atoms with Crippen LogP contribution in [0.2, 0.25) is 0 Å². The predicted molar refractivity (Wildman–Crippen MR) is 123 cm³/mol. The number of carbonyl (C=O) groups excluding carboxylic acids is 2. The highest BCUT2D eigenvalue weighted by Crippen LogP contribution is 2.32. The van der Waals surface area contributed by atoms with E-state index in [-0.39, 0.29) is 47.8 Å². The molecule has 0 aromatic rings. The number of esters is 1. The number of hydrogen-bond donors (Lipinski definition) is 1. The first-order valence-corrected chi connectivity index (χ1v) is 12.0. The smallest absolute Gasteiger partial charge is 0.311 e. The maximum Gasteiger partial charge on any atom is 0.311 e. The molecule has 32 heavy (non-hydrogen) atoms. The Morgan fingerprint density at radius 2 is 1.78 bits per heavy atom. The average Bonchev–Trinajstić information content (AvgIpc) is 2.73. The molecule has 2 aliphatic rings. The van der Waals surface area contributed by atoms with E-state index < -0.39 is 24.4 Å². The van der Waals surface area contributed by atoms with Crippen LogP contribution in [0.25, 0.3) is 0 Å². The average molecular weight is 454 g/mol. The van der Waals surface area contributed by atoms with Gasteiger partial charge in [0.1, 0.15) is 12.2 Å². The predicted octanol–water partition coefficient (Wildman–Crippen LogP) is 3.19. The Kier molecular flexibility index (Phi) is 9.88. The summed E-state index contributed by atoms with van der Waals surface area (Å²) in [6.07, 6.45) is 2.73. The van der Waals surface area contributed by atoms with E-state index in [1.807, 2.05) is 59.7 Å². The highest BCUT2D eigenvalue weighted by molar-refractivity contribution is 5.91. The van der Waals surface area contributed by atoms with Gasteiger partial charge >= 0.3 is 5.97 Å². The maximum atomic E-state index is 13.1. The van der Waals surface area contributed by atoms with Crippen molar-refractivity contribution in [3.63, 3.8) is 0 Å². The standard InChI is InChI=1S/C25H43NO6/c1-9-21-14(2)10-11-20(27)15(3)12-16(4)23(18(6)24(29)31-21)32-25-22(28)19(26(7)8)13-17(5)30-25/h10-11,14-19,21-23,25,28H,9,12-13H2,1-8H3/b11-10+/t14-,15-,16+,17-,18-,19+,21-,22-,23+,25+/m1/s1. The van der Waals surface area contributed by atoms with Gasteiger partial charge in [-0.25, -0.2) is 0 Å². The van der Waals surface area contributed by atoms with Crippen molar-refractivity contribution in [2.75, 3.05) is 14.1 Å². The fourth-order valence-electron chi connectivity index (χ4n) is 4.85. The van der Waals surface area contributed by atoms with E-state index in [2.05, 4.69) is 0 Å². The second kappa shape index (κ2) is 11.7. The monoisotopic (exact) mass is 453 g/mol. The molecule has 0 amide bonds. The molecule has 2 aliphatic heterocycles. The number of ether oxygens (including phenoxy) is 3. The molecule has 0 radical (unpaired) electrons. The van der Waals surface area contributed by atoms with Crippen LogP contribution in [0.15, 0.2) is 12.2 Å². The molecule has 7 nitrogen and oxygen atoms in total. The summed E-state index contributed by atoms with van der Waals surface area (Å²) in [5.41, 5.74) is 0. The first-order valence-electron chi connectivity index (χ1n) is 12.0. The number of aliphatic hydroxyl groups excluding tert-OH is 1. The molecular weight excluding hydrogens is 410 g/mol. The normalized spacial score (nSPS) is 43.3. The molecule has 1 fully saturated rings. The van der Waals surface area contributed by atoms with Gasteiger partial charge in [-0.1, -0.05) is 33.8 Å². The van der Waals surface area contributed by atoms with Crippen molar-refractivity contribution in [1.29, 1.82) is 0 Å². The third kappa shape index (κ3) is 6.62. The lowest BCUT2D eigenvalue weighted by molar-refractivity contribution is -0.279. The fraction of sp³-hybridized carbons (Fsp3) is 0.840. The molecule has 0 bridgehead atoms. The zero-order valence-corrected chi connectivity index (χ0v) is 21.0. The summed E-state index contributed by atoms with van der Waals surface area (Å²) in [5.74, 6) is -1.21. The fourth-order valence-corrected chi connectivity index (χ4v) is 4.85. The molecule has 0 aliphatic carbocycles. The number of aliphatic hydroxyl groups is 1. The molecule has 0 saturated carbocycles. The summed E-state index contributed by atoms with van der Waals surface area (Å²) in [6, 6.07) is -0.108. The van der Waals surface area contributed by atoms with Crippen molar-refractivity contribution < 1.29 is 28.9 Å². The van der Waals surface area contributed by atoms with Crippen molar-refractivity contribution in [1.82, 2.24) is 4.90 Å². The molecule has 2 heterocycles. The Bertz CT molecular complexity index is 665. The first-order chi connectivity index (χ1) is 15.0. The quantitative estimate of drug-likeness (QED) is 0.654. The SMILES string of the molecule is CC[C@H]1OC(=O)[C@H](C)[C@@H](O[C@@H]2O[C@H](C)C[C@H](N(C)C)[C@H]2O)[C@@H](C)C[C@@H](C)C(=O)/C=C/[C@H]1C. The second-order valence-corrected chi connectivity index (χ2v) is 10.1. The molecule has 1 N–H and O–H groups in total. The van der Waals surface area contributed by atoms with Gasteiger partial charge in [-0.2, -0.15) is 0 Å². The summed E-state index contributed by atoms with van der Waals surface area (Å²) in [5, 5.41) is 10.9. The number of cyclic esters (lactones) is 1. The topological polar surface area (TPSA) is 85.3 Å². The highest BCUT2D eigenvalue weighted by atomic mass is 16.7. The Morgan fingerprint density at radius 3 is 2.38 bits per heavy atom. The van der Waals surface area contributed by atoms with E-state index in [9.17, 15) is 14.7 Å². The molecule has 0 spiro atoms. The van der Waals surface area contributed by atoms with Crippen molar-refractivity contribution in [3.05, 3.63) is 12.2 Å². The minimum atomic E-state index is -0.853. The summed E-state index contributed by atoms with van der Waals surface area (Å²) in [7, 11) is 3.85. The third-order valence-corrected chi connectivity index (χ3v) is 7.02. The second-order valence-electron chi connectivity index (χ2n) is 10.1. The van der Waals surface area contributed by atoms with Gasteiger partial charge in [-0.3, -0.25) is 9.59 Å². The lowest BCUT2D eigenvalue weighted by atomic mass is 9.84. The van der Waals surface area contributed by atoms with Crippen LogP contribution >= 0.6 is 0 Å². The van der Waals surface area contributed by atoms with E-state index in [4.69, 9.17) is 14.2 Å². The number of likely N-dealkylation sites (N-methyl/N-ethyl adjacent to an activating group) is 1. The number of nitrogens with zero attached hydrogens (tertiary/aromatic N) is 1. The van der Waals surface area contributed by atoms with Crippen molar-refractivity contribution in [2.45, 2.75) is 97.6 Å². The lowest BCUT2D eigenvalue weighted by Gasteiger charge is -2.43. The van der Waals surface area contributed by atoms with Crippen LogP contribution < -0.4 is 0 Å². The molecule has 10 atom stereocenters. The van der Waals surface area contributed by atoms with Gasteiger partial charge < -0.3 is 24.2 Å². The van der Waals surface area contributed by atoms with Crippen LogP contribution in [0.4, 0.5) is 0 Å². The van der Waals surface area contributed by atoms with Gasteiger partial charge in [0.2, 0.25) is 0 Å². The lowest BCUT2D eigenvalue weighted by Crippen LogP contribution is -2.56. The van der Waals surface area contributed by atoms with Gasteiger partial charge in [0.05, 0.1) is 18.1 Å². The summed E-state index contributed by atoms with van der Waals surface area (Å²) < 4.78 is 18.2. The van der Waals surface area contributed by atoms with E-state index >= 15 is 0 Å². The third-order valence-electron chi connectivity index (χ3n) is 7.02. The van der Waals surface area contributed by atoms with Crippen molar-refractivity contribution in [3.8, 4) is 0 Å². The first kappa shape index (κ1) is 27.0. The summed E-state index contributed by atoms with van der Waals surface area (Å²) >= 11 is 0. The van der Waals surface area contributed by atoms with Crippen LogP contribution in [0.3, 0.4) is 0 Å². The molecule has 0 aromatic carbocycles. The highest BCUT2D eigenvalue weighted by Gasteiger charge is 2.42. The minimum Gasteiger partial charge on any atom is -0.461 e. The van der Waals surface area contributed by atoms with E-state index in [1.54, 1.807) is 13.0 Å². The van der Waals surface area contributed by atoms with Crippen LogP contribution in [-0.4, -0.2) is 72.6 Å². The Balaban J connectivity index is 2.32. The number of carbonyl (C=O) groups is 2. The van der Waals surface area contributed by atoms with Crippen LogP contribution in [-0.2, 0) is 23.8 Å². The Hall–Kier alpha value is -1.28. The van der Waals surface area contributed by atoms with Crippen LogP contribution in [0.5, 0.6) is 0 Å². The van der Waals surface area contributed by atoms with E-state index in [1.165, 1.54) is 0 Å². The molecule has 2 rings (SSSR count).